The zero-order valence-corrected chi connectivity index (χ0v) is 77.4. The topological polar surface area (TPSA) is 81.2 Å². The summed E-state index contributed by atoms with van der Waals surface area (Å²) in [4.78, 5) is 9.99. The summed E-state index contributed by atoms with van der Waals surface area (Å²) in [7, 11) is 16.1. The number of ether oxygens (including phenoxy) is 3. The lowest BCUT2D eigenvalue weighted by Gasteiger charge is -2.29. The van der Waals surface area contributed by atoms with Gasteiger partial charge in [0.15, 0.2) is 12.4 Å². The van der Waals surface area contributed by atoms with Crippen LogP contribution in [0.4, 0.5) is 5.69 Å². The van der Waals surface area contributed by atoms with E-state index >= 15 is 0 Å². The molecule has 11 aromatic carbocycles. The maximum absolute atomic E-state index is 5.77. The van der Waals surface area contributed by atoms with Crippen LogP contribution in [0, 0.1) is 51.4 Å². The first-order valence-corrected chi connectivity index (χ1v) is 45.5. The van der Waals surface area contributed by atoms with Crippen molar-refractivity contribution in [1.29, 1.82) is 0 Å². The average Bonchev–Trinajstić information content (AvgIpc) is 1.57. The zero-order chi connectivity index (χ0) is 88.4. The molecule has 2 aliphatic carbocycles. The highest BCUT2D eigenvalue weighted by atomic mass is 16.5. The normalized spacial score (nSPS) is 15.4. The Kier molecular flexibility index (Phi) is 21.8. The summed E-state index contributed by atoms with van der Waals surface area (Å²) in [5, 5.41) is 5.19. The Morgan fingerprint density at radius 3 is 1.46 bits per heavy atom. The van der Waals surface area contributed by atoms with E-state index in [-0.39, 0.29) is 17.8 Å². The molecule has 22 rings (SSSR count). The molecule has 0 radical (unpaired) electrons. The molecule has 0 fully saturated rings. The molecule has 5 aromatic heterocycles. The summed E-state index contributed by atoms with van der Waals surface area (Å²) in [6, 6.07) is 83.7. The minimum atomic E-state index is 0.118. The summed E-state index contributed by atoms with van der Waals surface area (Å²) < 4.78 is 33.5. The van der Waals surface area contributed by atoms with Crippen molar-refractivity contribution in [3.05, 3.63) is 350 Å². The summed E-state index contributed by atoms with van der Waals surface area (Å²) in [6.45, 7) is 27.4. The van der Waals surface area contributed by atoms with Gasteiger partial charge in [0.25, 0.3) is 5.65 Å². The van der Waals surface area contributed by atoms with Gasteiger partial charge in [-0.1, -0.05) is 201 Å². The van der Waals surface area contributed by atoms with Gasteiger partial charge in [-0.2, -0.15) is 9.14 Å². The number of fused-ring (bicyclic) bond motifs is 28. The Labute approximate surface area is 748 Å². The maximum Gasteiger partial charge on any atom is 0.294 e. The van der Waals surface area contributed by atoms with Gasteiger partial charge in [-0.3, -0.25) is 9.55 Å². The number of pyridine rings is 2. The fourth-order valence-corrected chi connectivity index (χ4v) is 22.3. The van der Waals surface area contributed by atoms with Crippen molar-refractivity contribution < 1.29 is 32.5 Å². The van der Waals surface area contributed by atoms with Gasteiger partial charge in [-0.15, -0.1) is 0 Å². The number of hydrogen-bond acceptors (Lipinski definition) is 5. The van der Waals surface area contributed by atoms with Crippen LogP contribution in [0.25, 0.3) is 99.7 Å². The highest BCUT2D eigenvalue weighted by Gasteiger charge is 2.50. The monoisotopic (exact) mass is 1670 g/mol. The lowest BCUT2D eigenvalue weighted by atomic mass is 9.71. The van der Waals surface area contributed by atoms with Crippen molar-refractivity contribution in [3.8, 4) is 51.0 Å². The Morgan fingerprint density at radius 1 is 0.378 bits per heavy atom. The number of aryl methyl sites for hydroxylation is 3. The zero-order valence-electron chi connectivity index (χ0n) is 77.4. The third kappa shape index (κ3) is 13.8. The number of methoxy groups -OCH3 is 3. The number of benzene rings is 11. The number of nitrogens with zero attached hydrogens (tertiary/aromatic N) is 9. The third-order valence-corrected chi connectivity index (χ3v) is 27.4. The largest absolute Gasteiger partial charge is 0.496 e. The van der Waals surface area contributed by atoms with Gasteiger partial charge in [0, 0.05) is 79.3 Å². The minimum Gasteiger partial charge on any atom is -0.496 e. The highest BCUT2D eigenvalue weighted by molar-refractivity contribution is 6.21. The van der Waals surface area contributed by atoms with Gasteiger partial charge in [0.05, 0.1) is 90.8 Å². The van der Waals surface area contributed by atoms with Crippen molar-refractivity contribution in [3.63, 3.8) is 0 Å². The molecule has 0 amide bonds. The predicted molar refractivity (Wildman–Crippen MR) is 524 cm³/mol. The van der Waals surface area contributed by atoms with Crippen molar-refractivity contribution in [2.75, 3.05) is 42.5 Å². The van der Waals surface area contributed by atoms with E-state index in [1.165, 1.54) is 189 Å². The summed E-state index contributed by atoms with van der Waals surface area (Å²) in [5.41, 5.74) is 44.1. The molecule has 0 bridgehead atoms. The number of hydrogen-bond donors (Lipinski definition) is 0. The van der Waals surface area contributed by atoms with Crippen LogP contribution >= 0.6 is 0 Å². The predicted octanol–water partition coefficient (Wildman–Crippen LogP) is 24.8. The molecule has 636 valence electrons. The first kappa shape index (κ1) is 83.2. The summed E-state index contributed by atoms with van der Waals surface area (Å²) in [5.74, 6) is 6.73. The number of rotatable bonds is 14. The van der Waals surface area contributed by atoms with E-state index in [1.54, 1.807) is 21.3 Å². The minimum absolute atomic E-state index is 0.118. The molecule has 0 saturated heterocycles. The molecule has 9 heterocycles. The van der Waals surface area contributed by atoms with Gasteiger partial charge in [-0.25, -0.2) is 18.7 Å². The van der Waals surface area contributed by atoms with Crippen LogP contribution in [0.5, 0.6) is 17.2 Å². The number of para-hydroxylation sites is 5. The van der Waals surface area contributed by atoms with Crippen LogP contribution in [0.2, 0.25) is 0 Å². The molecule has 3 atom stereocenters. The highest BCUT2D eigenvalue weighted by Crippen LogP contribution is 2.55. The molecule has 12 nitrogen and oxygen atoms in total. The lowest BCUT2D eigenvalue weighted by molar-refractivity contribution is -0.647. The molecular weight excluding hydrogens is 1560 g/mol. The molecule has 127 heavy (non-hydrogen) atoms. The van der Waals surface area contributed by atoms with Crippen LogP contribution in [-0.4, -0.2) is 97.0 Å². The van der Waals surface area contributed by atoms with E-state index in [2.05, 4.69) is 399 Å². The van der Waals surface area contributed by atoms with E-state index in [0.717, 1.165) is 71.0 Å². The smallest absolute Gasteiger partial charge is 0.294 e. The van der Waals surface area contributed by atoms with E-state index in [4.69, 9.17) is 24.2 Å². The first-order valence-electron chi connectivity index (χ1n) is 45.5. The molecule has 16 aromatic rings. The van der Waals surface area contributed by atoms with Gasteiger partial charge in [-0.05, 0) is 212 Å². The standard InChI is InChI=1S/C33H38NO.C32H37N2O.C26H22N3.C24H20N3O/c1-20(2)17-23-11-10-12-24(18-21(3)4)31(23)28-19-34(6)33-30-22(5)29(35-7)16-15-27(30)25-13-8-9-14-26(25)32(28)33;1-19(2)15-22-11-10-12-23(16-20(3)4)29(22)26-18-34(6)32-28-21(5)27(35-7)17-33-31(28)25-14-9-8-13-24(25)30(26)32;1-17-22(15-14-20-18-9-4-6-12-23(18)28(3)25(17)20)29-24-13-7-5-10-19(24)21-11-8-16-27(2)26(21)29;1-14-20(28-3)13-12-19-21(14)23-22(15-8-4-6-10-17(15)26(23)2)24-25-16-9-5-7-11-18(16)27(19)24/h8-16,19-21,32H,17-18H2,1-7H3;8-14,17-20,30H,15-16H2,1-7H3;4-16H,1-3H3;4-13,22H,1-3H3/q4*+1. The van der Waals surface area contributed by atoms with E-state index in [0.29, 0.717) is 23.7 Å². The summed E-state index contributed by atoms with van der Waals surface area (Å²) in [6.07, 6.45) is 13.1. The van der Waals surface area contributed by atoms with E-state index in [9.17, 15) is 0 Å². The Balaban J connectivity index is 0.000000111. The fraction of sp³-hybridized carbons (Fsp3) is 0.270. The van der Waals surface area contributed by atoms with Crippen molar-refractivity contribution in [2.45, 2.75) is 127 Å². The van der Waals surface area contributed by atoms with Crippen LogP contribution in [0.1, 0.15) is 168 Å². The van der Waals surface area contributed by atoms with Crippen molar-refractivity contribution in [1.82, 2.24) is 23.7 Å². The maximum atomic E-state index is 5.77. The third-order valence-electron chi connectivity index (χ3n) is 27.4. The quantitative estimate of drug-likeness (QED) is 0.101. The molecule has 0 N–H and O–H groups in total. The Bertz CT molecular complexity index is 7100. The molecular formula is C115H117N9O3+4. The molecule has 4 aliphatic heterocycles. The van der Waals surface area contributed by atoms with Gasteiger partial charge in [0.1, 0.15) is 73.2 Å². The van der Waals surface area contributed by atoms with Crippen LogP contribution < -0.4 is 18.8 Å². The first-order chi connectivity index (χ1) is 61.5. The fourth-order valence-electron chi connectivity index (χ4n) is 22.3. The second-order valence-corrected chi connectivity index (χ2v) is 37.4. The Hall–Kier alpha value is -13.3. The average molecular weight is 1670 g/mol. The second-order valence-electron chi connectivity index (χ2n) is 37.4. The number of aromatic nitrogens is 6. The molecule has 12 heteroatoms. The lowest BCUT2D eigenvalue weighted by Crippen LogP contribution is -2.30. The van der Waals surface area contributed by atoms with Gasteiger partial charge >= 0.3 is 0 Å². The summed E-state index contributed by atoms with van der Waals surface area (Å²) >= 11 is 0. The van der Waals surface area contributed by atoms with E-state index < -0.39 is 0 Å². The Morgan fingerprint density at radius 2 is 0.858 bits per heavy atom. The molecule has 0 spiro atoms. The second kappa shape index (κ2) is 33.2. The van der Waals surface area contributed by atoms with Crippen LogP contribution in [0.3, 0.4) is 0 Å². The van der Waals surface area contributed by atoms with E-state index in [1.807, 2.05) is 6.20 Å². The molecule has 6 aliphatic rings. The van der Waals surface area contributed by atoms with Crippen molar-refractivity contribution >= 4 is 88.7 Å². The number of imidazole rings is 1. The van der Waals surface area contributed by atoms with Crippen LogP contribution in [0.15, 0.2) is 255 Å². The van der Waals surface area contributed by atoms with Crippen molar-refractivity contribution in [2.24, 2.45) is 37.8 Å². The molecule has 3 unspecified atom stereocenters. The SMILES string of the molecule is COc1ccc2c(c1C)C1=[N+](C)C=C(c3c(CC(C)C)cccc3CC(C)C)C1c1ccccc1-2.COc1ccc2c(c1C)C1=[N+](C)c3ccccc3C1c1nc3ccccc3n1-2.COc1cnc2c(c1C)C1=[N+](C)C=C(c3c(CC(C)C)cccc3CC(C)C)C1c1ccccc1-2.Cc1c(-n2c3ccccc3c3ccc[n+](C)c32)ccc2c3ccccc3n(C)c12. The van der Waals surface area contributed by atoms with Crippen LogP contribution in [-0.2, 0) is 39.8 Å². The van der Waals surface area contributed by atoms with Gasteiger partial charge in [0.2, 0.25) is 22.8 Å². The molecule has 0 saturated carbocycles. The number of allylic oxidation sites excluding steroid dienone is 2. The van der Waals surface area contributed by atoms with Gasteiger partial charge < -0.3 is 18.8 Å².